The van der Waals surface area contributed by atoms with Crippen LogP contribution in [0.3, 0.4) is 0 Å². The zero-order valence-corrected chi connectivity index (χ0v) is 12.3. The van der Waals surface area contributed by atoms with Crippen molar-refractivity contribution in [1.82, 2.24) is 0 Å². The molecule has 1 unspecified atom stereocenters. The summed E-state index contributed by atoms with van der Waals surface area (Å²) in [5.74, 6) is -0.331. The number of hydrogen-bond acceptors (Lipinski definition) is 1. The molecule has 0 aliphatic carbocycles. The zero-order chi connectivity index (χ0) is 14.8. The standard InChI is InChI=1S/C18H21FO/c1-4-10-18(20,15-8-6-5-7-9-15)17-14(3)11-13(2)12-16(17)19/h5-9,11-12,20H,4,10H2,1-3H3. The van der Waals surface area contributed by atoms with Crippen LogP contribution < -0.4 is 0 Å². The van der Waals surface area contributed by atoms with Crippen molar-refractivity contribution in [3.05, 3.63) is 70.5 Å². The molecular formula is C18H21FO. The fraction of sp³-hybridized carbons (Fsp3) is 0.333. The smallest absolute Gasteiger partial charge is 0.130 e. The van der Waals surface area contributed by atoms with Gasteiger partial charge in [-0.05, 0) is 43.0 Å². The Hall–Kier alpha value is -1.67. The molecule has 0 saturated heterocycles. The van der Waals surface area contributed by atoms with Gasteiger partial charge in [-0.15, -0.1) is 0 Å². The van der Waals surface area contributed by atoms with Gasteiger partial charge in [-0.25, -0.2) is 4.39 Å². The number of hydrogen-bond donors (Lipinski definition) is 1. The first-order chi connectivity index (χ1) is 9.49. The highest BCUT2D eigenvalue weighted by atomic mass is 19.1. The van der Waals surface area contributed by atoms with Crippen molar-refractivity contribution in [1.29, 1.82) is 0 Å². The van der Waals surface area contributed by atoms with Gasteiger partial charge in [0.05, 0.1) is 0 Å². The molecule has 0 saturated carbocycles. The van der Waals surface area contributed by atoms with Gasteiger partial charge in [0.2, 0.25) is 0 Å². The van der Waals surface area contributed by atoms with Crippen LogP contribution in [-0.2, 0) is 5.60 Å². The van der Waals surface area contributed by atoms with Crippen molar-refractivity contribution in [2.24, 2.45) is 0 Å². The molecule has 2 heteroatoms. The molecule has 0 radical (unpaired) electrons. The lowest BCUT2D eigenvalue weighted by Crippen LogP contribution is -2.29. The highest BCUT2D eigenvalue weighted by Gasteiger charge is 2.34. The van der Waals surface area contributed by atoms with E-state index < -0.39 is 5.60 Å². The predicted molar refractivity (Wildman–Crippen MR) is 80.2 cm³/mol. The van der Waals surface area contributed by atoms with Gasteiger partial charge in [0.25, 0.3) is 0 Å². The molecule has 0 amide bonds. The minimum atomic E-state index is -1.27. The second-order valence-electron chi connectivity index (χ2n) is 5.41. The van der Waals surface area contributed by atoms with Crippen LogP contribution in [0.25, 0.3) is 0 Å². The van der Waals surface area contributed by atoms with Gasteiger partial charge >= 0.3 is 0 Å². The molecular weight excluding hydrogens is 251 g/mol. The molecule has 20 heavy (non-hydrogen) atoms. The van der Waals surface area contributed by atoms with E-state index in [0.29, 0.717) is 12.0 Å². The van der Waals surface area contributed by atoms with Crippen LogP contribution in [0, 0.1) is 19.7 Å². The van der Waals surface area contributed by atoms with Gasteiger partial charge in [-0.1, -0.05) is 49.7 Å². The third-order valence-electron chi connectivity index (χ3n) is 3.71. The maximum Gasteiger partial charge on any atom is 0.130 e. The molecule has 2 aromatic rings. The normalized spacial score (nSPS) is 14.1. The summed E-state index contributed by atoms with van der Waals surface area (Å²) in [6.45, 7) is 5.71. The summed E-state index contributed by atoms with van der Waals surface area (Å²) in [4.78, 5) is 0. The second-order valence-corrected chi connectivity index (χ2v) is 5.41. The van der Waals surface area contributed by atoms with Crippen LogP contribution in [0.4, 0.5) is 4.39 Å². The summed E-state index contributed by atoms with van der Waals surface area (Å²) in [5, 5.41) is 11.2. The lowest BCUT2D eigenvalue weighted by molar-refractivity contribution is 0.0656. The van der Waals surface area contributed by atoms with Gasteiger partial charge in [0, 0.05) is 5.56 Å². The lowest BCUT2D eigenvalue weighted by Gasteiger charge is -2.31. The molecule has 106 valence electrons. The molecule has 0 bridgehead atoms. The topological polar surface area (TPSA) is 20.2 Å². The van der Waals surface area contributed by atoms with Crippen molar-refractivity contribution < 1.29 is 9.50 Å². The quantitative estimate of drug-likeness (QED) is 0.870. The first-order valence-corrected chi connectivity index (χ1v) is 7.04. The van der Waals surface area contributed by atoms with Gasteiger partial charge in [0.15, 0.2) is 0 Å². The number of rotatable bonds is 4. The molecule has 1 nitrogen and oxygen atoms in total. The monoisotopic (exact) mass is 272 g/mol. The molecule has 1 N–H and O–H groups in total. The highest BCUT2D eigenvalue weighted by molar-refractivity contribution is 5.43. The third-order valence-corrected chi connectivity index (χ3v) is 3.71. The summed E-state index contributed by atoms with van der Waals surface area (Å²) in [5.41, 5.74) is 1.54. The Morgan fingerprint density at radius 1 is 1.10 bits per heavy atom. The first-order valence-electron chi connectivity index (χ1n) is 7.04. The van der Waals surface area contributed by atoms with E-state index in [-0.39, 0.29) is 5.82 Å². The number of aryl methyl sites for hydroxylation is 2. The van der Waals surface area contributed by atoms with Crippen LogP contribution in [0.15, 0.2) is 42.5 Å². The van der Waals surface area contributed by atoms with E-state index in [1.54, 1.807) is 0 Å². The Labute approximate surface area is 120 Å². The van der Waals surface area contributed by atoms with Crippen LogP contribution in [0.1, 0.15) is 42.0 Å². The molecule has 2 rings (SSSR count). The van der Waals surface area contributed by atoms with E-state index in [1.165, 1.54) is 6.07 Å². The Kier molecular flexibility index (Phi) is 4.24. The first kappa shape index (κ1) is 14.7. The SMILES string of the molecule is CCCC(O)(c1ccccc1)c1c(C)cc(C)cc1F. The van der Waals surface area contributed by atoms with Gasteiger partial charge < -0.3 is 5.11 Å². The molecule has 0 fully saturated rings. The summed E-state index contributed by atoms with van der Waals surface area (Å²) in [6.07, 6.45) is 1.27. The maximum atomic E-state index is 14.5. The molecule has 0 aliphatic heterocycles. The van der Waals surface area contributed by atoms with E-state index >= 15 is 0 Å². The van der Waals surface area contributed by atoms with Crippen molar-refractivity contribution in [3.63, 3.8) is 0 Å². The van der Waals surface area contributed by atoms with Crippen LogP contribution in [0.2, 0.25) is 0 Å². The minimum Gasteiger partial charge on any atom is -0.380 e. The molecule has 0 spiro atoms. The Balaban J connectivity index is 2.66. The van der Waals surface area contributed by atoms with Crippen molar-refractivity contribution in [2.45, 2.75) is 39.2 Å². The van der Waals surface area contributed by atoms with E-state index in [1.807, 2.05) is 57.2 Å². The Morgan fingerprint density at radius 3 is 2.30 bits per heavy atom. The maximum absolute atomic E-state index is 14.5. The van der Waals surface area contributed by atoms with Gasteiger partial charge in [-0.2, -0.15) is 0 Å². The van der Waals surface area contributed by atoms with Gasteiger partial charge in [0.1, 0.15) is 11.4 Å². The van der Waals surface area contributed by atoms with E-state index in [2.05, 4.69) is 0 Å². The molecule has 1 atom stereocenters. The fourth-order valence-electron chi connectivity index (χ4n) is 2.93. The Bertz CT molecular complexity index is 569. The Morgan fingerprint density at radius 2 is 1.75 bits per heavy atom. The van der Waals surface area contributed by atoms with Gasteiger partial charge in [-0.3, -0.25) is 0 Å². The summed E-state index contributed by atoms with van der Waals surface area (Å²) < 4.78 is 14.5. The molecule has 2 aromatic carbocycles. The summed E-state index contributed by atoms with van der Waals surface area (Å²) >= 11 is 0. The van der Waals surface area contributed by atoms with Crippen LogP contribution in [-0.4, -0.2) is 5.11 Å². The zero-order valence-electron chi connectivity index (χ0n) is 12.3. The van der Waals surface area contributed by atoms with Crippen LogP contribution in [0.5, 0.6) is 0 Å². The van der Waals surface area contributed by atoms with Crippen molar-refractivity contribution in [3.8, 4) is 0 Å². The van der Waals surface area contributed by atoms with E-state index in [4.69, 9.17) is 0 Å². The molecule has 0 heterocycles. The average Bonchev–Trinajstić information content (AvgIpc) is 2.38. The predicted octanol–water partition coefficient (Wildman–Crippen LogP) is 4.48. The second kappa shape index (κ2) is 5.76. The van der Waals surface area contributed by atoms with E-state index in [0.717, 1.165) is 23.1 Å². The highest BCUT2D eigenvalue weighted by Crippen LogP contribution is 2.37. The summed E-state index contributed by atoms with van der Waals surface area (Å²) in [6, 6.07) is 12.8. The number of aliphatic hydroxyl groups is 1. The average molecular weight is 272 g/mol. The lowest BCUT2D eigenvalue weighted by atomic mass is 9.80. The largest absolute Gasteiger partial charge is 0.380 e. The molecule has 0 aliphatic rings. The minimum absolute atomic E-state index is 0.331. The van der Waals surface area contributed by atoms with Crippen molar-refractivity contribution >= 4 is 0 Å². The van der Waals surface area contributed by atoms with E-state index in [9.17, 15) is 9.50 Å². The summed E-state index contributed by atoms with van der Waals surface area (Å²) in [7, 11) is 0. The van der Waals surface area contributed by atoms with Crippen molar-refractivity contribution in [2.75, 3.05) is 0 Å². The molecule has 0 aromatic heterocycles. The number of halogens is 1. The number of benzene rings is 2. The fourth-order valence-corrected chi connectivity index (χ4v) is 2.93. The van der Waals surface area contributed by atoms with Crippen LogP contribution >= 0.6 is 0 Å². The third kappa shape index (κ3) is 2.61.